The van der Waals surface area contributed by atoms with Crippen molar-refractivity contribution in [2.45, 2.75) is 37.9 Å². The summed E-state index contributed by atoms with van der Waals surface area (Å²) in [7, 11) is 5.48. The smallest absolute Gasteiger partial charge is 0.320 e. The van der Waals surface area contributed by atoms with Gasteiger partial charge in [-0.15, -0.1) is 0 Å². The van der Waals surface area contributed by atoms with E-state index in [0.29, 0.717) is 24.4 Å². The minimum Gasteiger partial charge on any atom is -0.385 e. The summed E-state index contributed by atoms with van der Waals surface area (Å²) in [6.07, 6.45) is 3.17. The molecule has 5 aromatic rings. The predicted molar refractivity (Wildman–Crippen MR) is 166 cm³/mol. The van der Waals surface area contributed by atoms with Crippen LogP contribution >= 0.6 is 0 Å². The molecule has 3 aromatic carbocycles. The molecule has 0 radical (unpaired) electrons. The van der Waals surface area contributed by atoms with Gasteiger partial charge in [-0.1, -0.05) is 30.3 Å². The Morgan fingerprint density at radius 3 is 2.59 bits per heavy atom. The number of fused-ring (bicyclic) bond motifs is 1. The highest BCUT2D eigenvalue weighted by Crippen LogP contribution is 2.37. The number of para-hydroxylation sites is 1. The normalized spacial score (nSPS) is 18.6. The monoisotopic (exact) mass is 599 g/mol. The number of aromatic nitrogens is 4. The number of hydrogen-bond donors (Lipinski definition) is 2. The molecule has 1 saturated heterocycles. The molecular weight excluding hydrogens is 564 g/mol. The Hall–Kier alpha value is -4.61. The van der Waals surface area contributed by atoms with Crippen LogP contribution in [0.25, 0.3) is 27.8 Å². The third-order valence-electron chi connectivity index (χ3n) is 8.55. The van der Waals surface area contributed by atoms with Crippen LogP contribution in [0.2, 0.25) is 0 Å². The van der Waals surface area contributed by atoms with E-state index >= 15 is 0 Å². The third kappa shape index (κ3) is 5.56. The number of carbonyl (C=O) groups is 1. The second-order valence-electron chi connectivity index (χ2n) is 11.3. The summed E-state index contributed by atoms with van der Waals surface area (Å²) < 4.78 is 36.9. The van der Waals surface area contributed by atoms with E-state index in [2.05, 4.69) is 20.6 Å². The highest BCUT2D eigenvalue weighted by Gasteiger charge is 2.41. The van der Waals surface area contributed by atoms with Crippen molar-refractivity contribution in [1.82, 2.24) is 29.8 Å². The van der Waals surface area contributed by atoms with E-state index in [9.17, 15) is 13.6 Å². The average Bonchev–Trinajstić information content (AvgIpc) is 3.66. The van der Waals surface area contributed by atoms with Crippen LogP contribution in [0.4, 0.5) is 19.4 Å². The number of benzene rings is 3. The van der Waals surface area contributed by atoms with Gasteiger partial charge in [0, 0.05) is 43.3 Å². The molecule has 2 aromatic heterocycles. The molecule has 2 amide bonds. The van der Waals surface area contributed by atoms with Gasteiger partial charge in [-0.2, -0.15) is 10.2 Å². The Balaban J connectivity index is 1.32. The minimum absolute atomic E-state index is 0.0731. The lowest BCUT2D eigenvalue weighted by Gasteiger charge is -2.28. The molecule has 11 heteroatoms. The van der Waals surface area contributed by atoms with Crippen LogP contribution in [0.1, 0.15) is 30.0 Å². The number of likely N-dealkylation sites (tertiary alicyclic amines) is 1. The molecule has 0 aliphatic carbocycles. The lowest BCUT2D eigenvalue weighted by molar-refractivity contribution is 0.150. The zero-order valence-corrected chi connectivity index (χ0v) is 25.1. The number of ether oxygens (including phenoxy) is 1. The first kappa shape index (κ1) is 29.5. The molecule has 44 heavy (non-hydrogen) atoms. The van der Waals surface area contributed by atoms with Crippen LogP contribution in [0, 0.1) is 18.6 Å². The van der Waals surface area contributed by atoms with Gasteiger partial charge in [0.15, 0.2) is 11.6 Å². The van der Waals surface area contributed by atoms with E-state index in [-0.39, 0.29) is 18.1 Å². The summed E-state index contributed by atoms with van der Waals surface area (Å²) in [5.74, 6) is -1.30. The first-order chi connectivity index (χ1) is 21.2. The summed E-state index contributed by atoms with van der Waals surface area (Å²) >= 11 is 0. The summed E-state index contributed by atoms with van der Waals surface area (Å²) in [4.78, 5) is 15.8. The molecule has 6 rings (SSSR count). The van der Waals surface area contributed by atoms with Gasteiger partial charge in [-0.3, -0.25) is 14.9 Å². The molecule has 1 aliphatic rings. The molecule has 0 spiro atoms. The summed E-state index contributed by atoms with van der Waals surface area (Å²) in [5.41, 5.74) is 4.82. The molecule has 0 unspecified atom stereocenters. The number of amides is 2. The number of methoxy groups -OCH3 is 1. The van der Waals surface area contributed by atoms with Crippen molar-refractivity contribution in [3.63, 3.8) is 0 Å². The van der Waals surface area contributed by atoms with Crippen LogP contribution in [-0.4, -0.2) is 63.3 Å². The number of halogens is 2. The van der Waals surface area contributed by atoms with Crippen molar-refractivity contribution in [3.05, 3.63) is 95.7 Å². The zero-order chi connectivity index (χ0) is 31.0. The molecule has 2 N–H and O–H groups in total. The van der Waals surface area contributed by atoms with Crippen LogP contribution in [0.3, 0.4) is 0 Å². The van der Waals surface area contributed by atoms with Crippen molar-refractivity contribution in [2.75, 3.05) is 26.1 Å². The van der Waals surface area contributed by atoms with E-state index < -0.39 is 17.7 Å². The third-order valence-corrected chi connectivity index (χ3v) is 8.55. The highest BCUT2D eigenvalue weighted by molar-refractivity contribution is 5.92. The minimum atomic E-state index is -0.918. The molecule has 3 atom stereocenters. The number of rotatable bonds is 8. The molecule has 228 valence electrons. The van der Waals surface area contributed by atoms with E-state index in [1.54, 1.807) is 17.9 Å². The van der Waals surface area contributed by atoms with Crippen molar-refractivity contribution in [1.29, 1.82) is 0 Å². The number of carbonyl (C=O) groups excluding carboxylic acids is 1. The van der Waals surface area contributed by atoms with Gasteiger partial charge in [0.25, 0.3) is 0 Å². The maximum atomic E-state index is 14.3. The van der Waals surface area contributed by atoms with Crippen LogP contribution in [0.5, 0.6) is 0 Å². The SMILES string of the molecule is COCC[C@@H]1C[C@@H](NC(=O)Nc2c(C)c(-c3ccc4c(cnn4C)c3)nn2-c2ccccc2)[C@H](c2ccc(F)c(F)c2)N1C. The Kier molecular flexibility index (Phi) is 8.15. The molecule has 9 nitrogen and oxygen atoms in total. The van der Waals surface area contributed by atoms with E-state index in [0.717, 1.165) is 45.9 Å². The number of urea groups is 1. The maximum absolute atomic E-state index is 14.3. The quantitative estimate of drug-likeness (QED) is 0.229. The first-order valence-electron chi connectivity index (χ1n) is 14.6. The lowest BCUT2D eigenvalue weighted by Crippen LogP contribution is -2.41. The number of hydrogen-bond acceptors (Lipinski definition) is 5. The van der Waals surface area contributed by atoms with Gasteiger partial charge in [0.2, 0.25) is 0 Å². The topological polar surface area (TPSA) is 89.2 Å². The lowest BCUT2D eigenvalue weighted by atomic mass is 9.99. The van der Waals surface area contributed by atoms with Crippen molar-refractivity contribution in [2.24, 2.45) is 7.05 Å². The molecular formula is C33H35F2N7O2. The number of likely N-dealkylation sites (N-methyl/N-ethyl adjacent to an activating group) is 1. The summed E-state index contributed by atoms with van der Waals surface area (Å²) in [5, 5.41) is 16.5. The Bertz CT molecular complexity index is 1800. The van der Waals surface area contributed by atoms with Crippen molar-refractivity contribution < 1.29 is 18.3 Å². The van der Waals surface area contributed by atoms with Crippen LogP contribution in [0.15, 0.2) is 72.9 Å². The molecule has 0 saturated carbocycles. The van der Waals surface area contributed by atoms with Crippen LogP contribution < -0.4 is 10.6 Å². The fourth-order valence-corrected chi connectivity index (χ4v) is 6.27. The highest BCUT2D eigenvalue weighted by atomic mass is 19.2. The number of nitrogens with zero attached hydrogens (tertiary/aromatic N) is 5. The van der Waals surface area contributed by atoms with E-state index in [1.807, 2.05) is 80.4 Å². The average molecular weight is 600 g/mol. The Morgan fingerprint density at radius 1 is 1.05 bits per heavy atom. The van der Waals surface area contributed by atoms with Gasteiger partial charge in [0.05, 0.1) is 35.2 Å². The second-order valence-corrected chi connectivity index (χ2v) is 11.3. The molecule has 1 fully saturated rings. The fraction of sp³-hybridized carbons (Fsp3) is 0.303. The Labute approximate surface area is 254 Å². The number of anilines is 1. The summed E-state index contributed by atoms with van der Waals surface area (Å²) in [6, 6.07) is 18.5. The van der Waals surface area contributed by atoms with Gasteiger partial charge in [-0.25, -0.2) is 18.3 Å². The van der Waals surface area contributed by atoms with E-state index in [1.165, 1.54) is 6.07 Å². The fourth-order valence-electron chi connectivity index (χ4n) is 6.27. The number of aryl methyl sites for hydroxylation is 1. The first-order valence-corrected chi connectivity index (χ1v) is 14.6. The summed E-state index contributed by atoms with van der Waals surface area (Å²) in [6.45, 7) is 2.47. The standard InChI is InChI=1S/C33H35F2N7O2/c1-20-30(21-11-13-29-23(16-21)19-36-41(29)3)39-42(24-8-6-5-7-9-24)32(20)38-33(43)37-28-18-25(14-15-44-4)40(2)31(28)22-10-12-26(34)27(35)17-22/h5-13,16-17,19,25,28,31H,14-15,18H2,1-4H3,(H2,37,38,43)/t25-,28-,31+/m1/s1. The van der Waals surface area contributed by atoms with Crippen LogP contribution in [-0.2, 0) is 11.8 Å². The number of nitrogens with one attached hydrogen (secondary N) is 2. The van der Waals surface area contributed by atoms with Gasteiger partial charge in [-0.05, 0) is 68.8 Å². The second kappa shape index (κ2) is 12.2. The van der Waals surface area contributed by atoms with Gasteiger partial charge < -0.3 is 10.1 Å². The predicted octanol–water partition coefficient (Wildman–Crippen LogP) is 5.98. The Morgan fingerprint density at radius 2 is 1.84 bits per heavy atom. The van der Waals surface area contributed by atoms with Crippen molar-refractivity contribution >= 4 is 22.8 Å². The molecule has 3 heterocycles. The maximum Gasteiger partial charge on any atom is 0.320 e. The molecule has 0 bridgehead atoms. The molecule has 1 aliphatic heterocycles. The van der Waals surface area contributed by atoms with Gasteiger partial charge in [0.1, 0.15) is 5.82 Å². The van der Waals surface area contributed by atoms with E-state index in [4.69, 9.17) is 9.84 Å². The zero-order valence-electron chi connectivity index (χ0n) is 25.1. The van der Waals surface area contributed by atoms with Crippen molar-refractivity contribution in [3.8, 4) is 16.9 Å². The largest absolute Gasteiger partial charge is 0.385 e. The van der Waals surface area contributed by atoms with Gasteiger partial charge >= 0.3 is 6.03 Å².